The zero-order valence-corrected chi connectivity index (χ0v) is 18.9. The fourth-order valence-corrected chi connectivity index (χ4v) is 4.45. The van der Waals surface area contributed by atoms with Gasteiger partial charge in [0.2, 0.25) is 0 Å². The predicted molar refractivity (Wildman–Crippen MR) is 128 cm³/mol. The standard InChI is InChI=1S/C25H28N4OS/c1-3-22-25(28(2)15-7-11-19-9-5-4-6-10-19)29-18-20(13-14-23(29)27-22)24(30)26-17-21-12-8-16-31-21/h4-6,8-10,12-14,16,18H,3,7,11,15,17H2,1-2H3,(H,26,30). The molecule has 31 heavy (non-hydrogen) atoms. The first kappa shape index (κ1) is 21.1. The van der Waals surface area contributed by atoms with Crippen LogP contribution >= 0.6 is 11.3 Å². The second-order valence-corrected chi connectivity index (χ2v) is 8.69. The summed E-state index contributed by atoms with van der Waals surface area (Å²) in [5, 5.41) is 5.03. The van der Waals surface area contributed by atoms with Crippen molar-refractivity contribution in [3.63, 3.8) is 0 Å². The molecule has 0 atom stereocenters. The lowest BCUT2D eigenvalue weighted by molar-refractivity contribution is 0.0951. The third-order valence-electron chi connectivity index (χ3n) is 5.43. The molecule has 0 aliphatic rings. The van der Waals surface area contributed by atoms with Gasteiger partial charge < -0.3 is 10.2 Å². The van der Waals surface area contributed by atoms with Crippen molar-refractivity contribution in [2.75, 3.05) is 18.5 Å². The van der Waals surface area contributed by atoms with E-state index < -0.39 is 0 Å². The van der Waals surface area contributed by atoms with E-state index in [2.05, 4.69) is 58.9 Å². The Balaban J connectivity index is 1.50. The lowest BCUT2D eigenvalue weighted by Crippen LogP contribution is -2.24. The summed E-state index contributed by atoms with van der Waals surface area (Å²) >= 11 is 1.64. The number of pyridine rings is 1. The van der Waals surface area contributed by atoms with Crippen LogP contribution in [0.3, 0.4) is 0 Å². The number of amides is 1. The number of hydrogen-bond donors (Lipinski definition) is 1. The number of carbonyl (C=O) groups is 1. The van der Waals surface area contributed by atoms with E-state index in [1.807, 2.05) is 35.8 Å². The Morgan fingerprint density at radius 3 is 2.71 bits per heavy atom. The molecule has 0 aliphatic carbocycles. The number of nitrogens with zero attached hydrogens (tertiary/aromatic N) is 3. The number of benzene rings is 1. The van der Waals surface area contributed by atoms with Crippen molar-refractivity contribution >= 4 is 28.7 Å². The summed E-state index contributed by atoms with van der Waals surface area (Å²) in [5.41, 5.74) is 3.92. The summed E-state index contributed by atoms with van der Waals surface area (Å²) in [6.07, 6.45) is 4.85. The fourth-order valence-electron chi connectivity index (χ4n) is 3.81. The lowest BCUT2D eigenvalue weighted by Gasteiger charge is -2.20. The normalized spacial score (nSPS) is 11.0. The first-order valence-electron chi connectivity index (χ1n) is 10.7. The summed E-state index contributed by atoms with van der Waals surface area (Å²) < 4.78 is 2.06. The molecule has 4 rings (SSSR count). The van der Waals surface area contributed by atoms with Gasteiger partial charge in [0.15, 0.2) is 0 Å². The van der Waals surface area contributed by atoms with Crippen molar-refractivity contribution in [2.45, 2.75) is 32.7 Å². The maximum atomic E-state index is 12.7. The van der Waals surface area contributed by atoms with E-state index in [0.29, 0.717) is 12.1 Å². The highest BCUT2D eigenvalue weighted by atomic mass is 32.1. The molecular weight excluding hydrogens is 404 g/mol. The number of anilines is 1. The van der Waals surface area contributed by atoms with Crippen LogP contribution in [0.15, 0.2) is 66.2 Å². The monoisotopic (exact) mass is 432 g/mol. The summed E-state index contributed by atoms with van der Waals surface area (Å²) in [5.74, 6) is 0.998. The molecule has 0 saturated heterocycles. The number of hydrogen-bond acceptors (Lipinski definition) is 4. The Morgan fingerprint density at radius 1 is 1.13 bits per heavy atom. The molecule has 0 saturated carbocycles. The minimum Gasteiger partial charge on any atom is -0.359 e. The van der Waals surface area contributed by atoms with Gasteiger partial charge in [-0.05, 0) is 48.4 Å². The number of rotatable bonds is 9. The summed E-state index contributed by atoms with van der Waals surface area (Å²) in [6, 6.07) is 18.4. The van der Waals surface area contributed by atoms with Gasteiger partial charge in [-0.2, -0.15) is 0 Å². The minimum atomic E-state index is -0.0697. The lowest BCUT2D eigenvalue weighted by atomic mass is 10.1. The highest BCUT2D eigenvalue weighted by Crippen LogP contribution is 2.23. The van der Waals surface area contributed by atoms with Crippen LogP contribution in [0.1, 0.15) is 39.8 Å². The third-order valence-corrected chi connectivity index (χ3v) is 6.30. The Hall–Kier alpha value is -3.12. The molecule has 0 fully saturated rings. The highest BCUT2D eigenvalue weighted by molar-refractivity contribution is 7.09. The number of carbonyl (C=O) groups excluding carboxylic acids is 1. The molecule has 1 aromatic carbocycles. The minimum absolute atomic E-state index is 0.0697. The van der Waals surface area contributed by atoms with Crippen molar-refractivity contribution in [1.82, 2.24) is 14.7 Å². The van der Waals surface area contributed by atoms with Crippen molar-refractivity contribution in [3.8, 4) is 0 Å². The van der Waals surface area contributed by atoms with Gasteiger partial charge in [-0.25, -0.2) is 4.98 Å². The topological polar surface area (TPSA) is 49.6 Å². The average molecular weight is 433 g/mol. The van der Waals surface area contributed by atoms with Gasteiger partial charge >= 0.3 is 0 Å². The smallest absolute Gasteiger partial charge is 0.253 e. The van der Waals surface area contributed by atoms with Gasteiger partial charge in [0.25, 0.3) is 5.91 Å². The van der Waals surface area contributed by atoms with Crippen LogP contribution in [0, 0.1) is 0 Å². The molecule has 3 aromatic heterocycles. The van der Waals surface area contributed by atoms with Crippen molar-refractivity contribution in [3.05, 3.63) is 87.9 Å². The maximum absolute atomic E-state index is 12.7. The molecule has 3 heterocycles. The van der Waals surface area contributed by atoms with Gasteiger partial charge in [0.05, 0.1) is 17.8 Å². The van der Waals surface area contributed by atoms with E-state index in [1.54, 1.807) is 11.3 Å². The number of imidazole rings is 1. The highest BCUT2D eigenvalue weighted by Gasteiger charge is 2.16. The van der Waals surface area contributed by atoms with Crippen molar-refractivity contribution in [1.29, 1.82) is 0 Å². The molecule has 0 bridgehead atoms. The number of thiophene rings is 1. The van der Waals surface area contributed by atoms with Crippen molar-refractivity contribution in [2.24, 2.45) is 0 Å². The largest absolute Gasteiger partial charge is 0.359 e. The molecule has 1 amide bonds. The molecule has 0 aliphatic heterocycles. The molecule has 0 spiro atoms. The predicted octanol–water partition coefficient (Wildman–Crippen LogP) is 4.96. The Morgan fingerprint density at radius 2 is 1.97 bits per heavy atom. The number of aryl methyl sites for hydroxylation is 2. The molecule has 5 nitrogen and oxygen atoms in total. The van der Waals surface area contributed by atoms with Crippen LogP contribution in [0.5, 0.6) is 0 Å². The van der Waals surface area contributed by atoms with E-state index in [-0.39, 0.29) is 5.91 Å². The maximum Gasteiger partial charge on any atom is 0.253 e. The molecular formula is C25H28N4OS. The molecule has 160 valence electrons. The molecule has 4 aromatic rings. The zero-order valence-electron chi connectivity index (χ0n) is 18.0. The van der Waals surface area contributed by atoms with Gasteiger partial charge in [0.1, 0.15) is 11.5 Å². The van der Waals surface area contributed by atoms with Crippen LogP contribution in [-0.2, 0) is 19.4 Å². The average Bonchev–Trinajstić information content (AvgIpc) is 3.45. The van der Waals surface area contributed by atoms with Crippen LogP contribution in [0.2, 0.25) is 0 Å². The van der Waals surface area contributed by atoms with Gasteiger partial charge in [-0.15, -0.1) is 11.3 Å². The Labute approximate surface area is 187 Å². The van der Waals surface area contributed by atoms with Gasteiger partial charge in [0, 0.05) is 24.7 Å². The summed E-state index contributed by atoms with van der Waals surface area (Å²) in [7, 11) is 2.11. The van der Waals surface area contributed by atoms with Gasteiger partial charge in [-0.3, -0.25) is 9.20 Å². The second kappa shape index (κ2) is 9.79. The second-order valence-electron chi connectivity index (χ2n) is 7.65. The summed E-state index contributed by atoms with van der Waals surface area (Å²) in [4.78, 5) is 20.9. The number of aromatic nitrogens is 2. The first-order valence-corrected chi connectivity index (χ1v) is 11.6. The number of nitrogens with one attached hydrogen (secondary N) is 1. The van der Waals surface area contributed by atoms with Crippen LogP contribution in [-0.4, -0.2) is 28.9 Å². The Kier molecular flexibility index (Phi) is 6.67. The van der Waals surface area contributed by atoms with E-state index in [0.717, 1.165) is 47.8 Å². The van der Waals surface area contributed by atoms with Crippen LogP contribution in [0.4, 0.5) is 5.82 Å². The quantitative estimate of drug-likeness (QED) is 0.407. The van der Waals surface area contributed by atoms with Crippen molar-refractivity contribution < 1.29 is 4.79 Å². The van der Waals surface area contributed by atoms with E-state index in [1.165, 1.54) is 5.56 Å². The molecule has 0 radical (unpaired) electrons. The Bertz CT molecular complexity index is 1140. The van der Waals surface area contributed by atoms with Gasteiger partial charge in [-0.1, -0.05) is 43.3 Å². The van der Waals surface area contributed by atoms with Crippen LogP contribution < -0.4 is 10.2 Å². The molecule has 6 heteroatoms. The number of fused-ring (bicyclic) bond motifs is 1. The SMILES string of the molecule is CCc1nc2ccc(C(=O)NCc3cccs3)cn2c1N(C)CCCc1ccccc1. The zero-order chi connectivity index (χ0) is 21.6. The van der Waals surface area contributed by atoms with E-state index in [4.69, 9.17) is 4.98 Å². The van der Waals surface area contributed by atoms with Crippen LogP contribution in [0.25, 0.3) is 5.65 Å². The third kappa shape index (κ3) is 4.97. The molecule has 0 unspecified atom stereocenters. The first-order chi connectivity index (χ1) is 15.2. The fraction of sp³-hybridized carbons (Fsp3) is 0.280. The van der Waals surface area contributed by atoms with E-state index >= 15 is 0 Å². The van der Waals surface area contributed by atoms with E-state index in [9.17, 15) is 4.79 Å². The summed E-state index contributed by atoms with van der Waals surface area (Å²) in [6.45, 7) is 3.59. The molecule has 1 N–H and O–H groups in total.